The zero-order chi connectivity index (χ0) is 61.0. The second kappa shape index (κ2) is 32.0. The number of carbonyl (C=O) groups is 8. The predicted octanol–water partition coefficient (Wildman–Crippen LogP) is 4.55. The molecule has 0 spiro atoms. The maximum atomic E-state index is 15.1. The van der Waals surface area contributed by atoms with Crippen molar-refractivity contribution in [2.75, 3.05) is 50.8 Å². The van der Waals surface area contributed by atoms with Crippen LogP contribution < -0.4 is 43.4 Å². The highest BCUT2D eigenvalue weighted by Gasteiger charge is 2.41. The quantitative estimate of drug-likeness (QED) is 0.0236. The molecule has 22 heteroatoms. The standard InChI is InChI=1S/C64H78N12O8S2/c1-3-47-45(37-43-23-11-13-25-49(43)69-47)57(77)73-53(63(83)75-33-15-27-55(75)61(81)71-51(59(79)67-31-17-29-65)35-41-19-7-5-8-20-41)39-85-86-40-54(74-58(78)46-38-44-24-12-14-26-50(44)70-48(46)4-2)64(84)76-34-16-28-56(76)62(82)72-52(60(80)68-32-18-30-66)36-42-21-9-6-10-22-42/h5-14,19-26,37-38,51-56H,3-4,15-18,27-36,39-40,65-66H2,1-2H3,(H,67,79)(H,68,80)(H,71,81)(H,72,82)(H,73,77)(H,74,78)/t51-,52-,53-,54-,55-,56-/m0/s1. The fourth-order valence-electron chi connectivity index (χ4n) is 10.8. The Kier molecular flexibility index (Phi) is 23.8. The summed E-state index contributed by atoms with van der Waals surface area (Å²) in [6.45, 7) is 5.56. The van der Waals surface area contributed by atoms with E-state index in [1.54, 1.807) is 12.1 Å². The molecule has 2 saturated heterocycles. The molecule has 0 bridgehead atoms. The van der Waals surface area contributed by atoms with Gasteiger partial charge in [-0.1, -0.05) is 132 Å². The van der Waals surface area contributed by atoms with Gasteiger partial charge in [0.2, 0.25) is 35.4 Å². The fraction of sp³-hybridized carbons (Fsp3) is 0.406. The number of carbonyl (C=O) groups excluding carboxylic acids is 8. The normalized spacial score (nSPS) is 16.2. The van der Waals surface area contributed by atoms with Gasteiger partial charge in [0.25, 0.3) is 11.8 Å². The Hall–Kier alpha value is -7.92. The van der Waals surface area contributed by atoms with Gasteiger partial charge in [-0.15, -0.1) is 0 Å². The first-order valence-corrected chi connectivity index (χ1v) is 32.2. The summed E-state index contributed by atoms with van der Waals surface area (Å²) >= 11 is 0. The molecule has 2 aromatic heterocycles. The molecule has 454 valence electrons. The van der Waals surface area contributed by atoms with Crippen LogP contribution in [0.5, 0.6) is 0 Å². The van der Waals surface area contributed by atoms with Gasteiger partial charge in [0, 0.05) is 61.3 Å². The van der Waals surface area contributed by atoms with Gasteiger partial charge in [0.15, 0.2) is 0 Å². The number of rotatable bonds is 29. The Morgan fingerprint density at radius 1 is 0.523 bits per heavy atom. The molecular weight excluding hydrogens is 1130 g/mol. The average molecular weight is 1210 g/mol. The second-order valence-electron chi connectivity index (χ2n) is 21.4. The molecule has 4 aromatic carbocycles. The van der Waals surface area contributed by atoms with Crippen LogP contribution in [0, 0.1) is 0 Å². The summed E-state index contributed by atoms with van der Waals surface area (Å²) in [6, 6.07) is 30.7. The summed E-state index contributed by atoms with van der Waals surface area (Å²) in [6.07, 6.45) is 3.91. The summed E-state index contributed by atoms with van der Waals surface area (Å²) in [5, 5.41) is 19.1. The van der Waals surface area contributed by atoms with E-state index in [2.05, 4.69) is 31.9 Å². The number of likely N-dealkylation sites (tertiary alicyclic amines) is 2. The van der Waals surface area contributed by atoms with E-state index < -0.39 is 71.7 Å². The molecule has 2 aliphatic rings. The first-order valence-electron chi connectivity index (χ1n) is 29.7. The first-order chi connectivity index (χ1) is 41.8. The van der Waals surface area contributed by atoms with Crippen molar-refractivity contribution in [2.45, 2.75) is 114 Å². The molecule has 2 aliphatic heterocycles. The number of hydrogen-bond donors (Lipinski definition) is 8. The van der Waals surface area contributed by atoms with E-state index in [4.69, 9.17) is 21.4 Å². The molecule has 8 amide bonds. The number of nitrogens with one attached hydrogen (secondary N) is 6. The fourth-order valence-corrected chi connectivity index (χ4v) is 13.1. The molecule has 20 nitrogen and oxygen atoms in total. The topological polar surface area (TPSA) is 293 Å². The zero-order valence-electron chi connectivity index (χ0n) is 48.8. The van der Waals surface area contributed by atoms with Crippen LogP contribution in [0.25, 0.3) is 21.8 Å². The molecule has 0 saturated carbocycles. The van der Waals surface area contributed by atoms with Gasteiger partial charge in [-0.25, -0.2) is 0 Å². The van der Waals surface area contributed by atoms with Crippen molar-refractivity contribution in [3.8, 4) is 0 Å². The summed E-state index contributed by atoms with van der Waals surface area (Å²) in [5.74, 6) is -4.03. The number of para-hydroxylation sites is 2. The van der Waals surface area contributed by atoms with Gasteiger partial charge < -0.3 is 53.2 Å². The Bertz CT molecular complexity index is 3120. The number of benzene rings is 4. The number of nitrogens with zero attached hydrogens (tertiary/aromatic N) is 4. The number of aromatic nitrogens is 2. The zero-order valence-corrected chi connectivity index (χ0v) is 50.4. The van der Waals surface area contributed by atoms with Crippen molar-refractivity contribution in [1.29, 1.82) is 0 Å². The minimum atomic E-state index is -1.22. The molecule has 10 N–H and O–H groups in total. The smallest absolute Gasteiger partial charge is 0.253 e. The average Bonchev–Trinajstić information content (AvgIpc) is 2.21. The molecule has 0 aliphatic carbocycles. The highest BCUT2D eigenvalue weighted by atomic mass is 33.1. The predicted molar refractivity (Wildman–Crippen MR) is 337 cm³/mol. The van der Waals surface area contributed by atoms with E-state index in [0.29, 0.717) is 100.0 Å². The lowest BCUT2D eigenvalue weighted by molar-refractivity contribution is -0.140. The third-order valence-corrected chi connectivity index (χ3v) is 17.8. The largest absolute Gasteiger partial charge is 0.354 e. The van der Waals surface area contributed by atoms with Crippen molar-refractivity contribution in [1.82, 2.24) is 51.7 Å². The molecule has 86 heavy (non-hydrogen) atoms. The van der Waals surface area contributed by atoms with Crippen molar-refractivity contribution < 1.29 is 38.4 Å². The Morgan fingerprint density at radius 2 is 0.907 bits per heavy atom. The van der Waals surface area contributed by atoms with Crippen LogP contribution in [0.4, 0.5) is 0 Å². The monoisotopic (exact) mass is 1210 g/mol. The summed E-state index contributed by atoms with van der Waals surface area (Å²) < 4.78 is 0. The number of fused-ring (bicyclic) bond motifs is 2. The van der Waals surface area contributed by atoms with E-state index in [1.807, 2.05) is 123 Å². The highest BCUT2D eigenvalue weighted by Crippen LogP contribution is 2.29. The van der Waals surface area contributed by atoms with Crippen molar-refractivity contribution >= 4 is 90.7 Å². The van der Waals surface area contributed by atoms with E-state index in [9.17, 15) is 28.8 Å². The van der Waals surface area contributed by atoms with E-state index in [-0.39, 0.29) is 60.4 Å². The summed E-state index contributed by atoms with van der Waals surface area (Å²) in [7, 11) is 2.38. The minimum Gasteiger partial charge on any atom is -0.354 e. The Morgan fingerprint density at radius 3 is 1.29 bits per heavy atom. The van der Waals surface area contributed by atoms with Gasteiger partial charge in [-0.2, -0.15) is 0 Å². The van der Waals surface area contributed by atoms with Crippen LogP contribution in [0.1, 0.15) is 95.6 Å². The van der Waals surface area contributed by atoms with Crippen molar-refractivity contribution in [3.05, 3.63) is 155 Å². The van der Waals surface area contributed by atoms with Crippen LogP contribution >= 0.6 is 21.6 Å². The molecule has 6 aromatic rings. The van der Waals surface area contributed by atoms with Crippen molar-refractivity contribution in [3.63, 3.8) is 0 Å². The van der Waals surface area contributed by atoms with Gasteiger partial charge in [-0.3, -0.25) is 48.3 Å². The van der Waals surface area contributed by atoms with Crippen LogP contribution in [0.15, 0.2) is 121 Å². The number of aryl methyl sites for hydroxylation is 2. The molecule has 2 fully saturated rings. The first kappa shape index (κ1) is 64.1. The lowest BCUT2D eigenvalue weighted by Gasteiger charge is -2.30. The van der Waals surface area contributed by atoms with Crippen LogP contribution in [-0.4, -0.2) is 154 Å². The van der Waals surface area contributed by atoms with Gasteiger partial charge in [-0.05, 0) is 99.8 Å². The molecule has 6 atom stereocenters. The Labute approximate surface area is 509 Å². The highest BCUT2D eigenvalue weighted by molar-refractivity contribution is 8.76. The van der Waals surface area contributed by atoms with Crippen LogP contribution in [-0.2, 0) is 54.5 Å². The number of pyridine rings is 2. The minimum absolute atomic E-state index is 0.0446. The molecular formula is C64H78N12O8S2. The third-order valence-electron chi connectivity index (χ3n) is 15.4. The molecule has 4 heterocycles. The molecule has 0 unspecified atom stereocenters. The maximum Gasteiger partial charge on any atom is 0.253 e. The summed E-state index contributed by atoms with van der Waals surface area (Å²) in [5.41, 5.74) is 16.1. The van der Waals surface area contributed by atoms with E-state index in [0.717, 1.165) is 21.9 Å². The van der Waals surface area contributed by atoms with E-state index in [1.165, 1.54) is 31.4 Å². The second-order valence-corrected chi connectivity index (χ2v) is 24.0. The van der Waals surface area contributed by atoms with E-state index >= 15 is 9.59 Å². The van der Waals surface area contributed by atoms with Gasteiger partial charge in [0.1, 0.15) is 36.3 Å². The number of nitrogens with two attached hydrogens (primary N) is 2. The molecule has 8 rings (SSSR count). The molecule has 0 radical (unpaired) electrons. The third kappa shape index (κ3) is 16.9. The lowest BCUT2D eigenvalue weighted by atomic mass is 10.0. The lowest BCUT2D eigenvalue weighted by Crippen LogP contribution is -2.57. The summed E-state index contributed by atoms with van der Waals surface area (Å²) in [4.78, 5) is 128. The van der Waals surface area contributed by atoms with Gasteiger partial charge in [0.05, 0.1) is 33.5 Å². The maximum absolute atomic E-state index is 15.1. The van der Waals surface area contributed by atoms with Gasteiger partial charge >= 0.3 is 0 Å². The Balaban J connectivity index is 1.05. The number of amides is 8. The number of hydrogen-bond acceptors (Lipinski definition) is 14. The SMILES string of the molecule is CCc1nc2ccccc2cc1C(=O)N[C@@H](CSSC[C@H](NC(=O)c1cc2ccccc2nc1CC)C(=O)N1CCC[C@H]1C(=O)N[C@@H](Cc1ccccc1)C(=O)NCCCN)C(=O)N1CCC[C@H]1C(=O)N[C@@H](Cc1ccccc1)C(=O)NCCCN. The van der Waals surface area contributed by atoms with Crippen molar-refractivity contribution in [2.24, 2.45) is 11.5 Å². The van der Waals surface area contributed by atoms with Crippen LogP contribution in [0.3, 0.4) is 0 Å². The van der Waals surface area contributed by atoms with Crippen LogP contribution in [0.2, 0.25) is 0 Å².